The van der Waals surface area contributed by atoms with Crippen molar-refractivity contribution >= 4 is 23.3 Å². The number of aromatic nitrogens is 2. The van der Waals surface area contributed by atoms with Crippen molar-refractivity contribution in [3.8, 4) is 0 Å². The van der Waals surface area contributed by atoms with Gasteiger partial charge in [0, 0.05) is 49.9 Å². The number of halogens is 1. The summed E-state index contributed by atoms with van der Waals surface area (Å²) in [6.45, 7) is 8.91. The highest BCUT2D eigenvalue weighted by molar-refractivity contribution is 6.30. The monoisotopic (exact) mass is 487 g/mol. The van der Waals surface area contributed by atoms with Crippen LogP contribution >= 0.6 is 11.6 Å². The average Bonchev–Trinajstić information content (AvgIpc) is 3.10. The first-order chi connectivity index (χ1) is 16.1. The molecular formula is C25H34ClN5O3. The molecule has 1 saturated heterocycles. The number of carbonyl (C=O) groups is 1. The lowest BCUT2D eigenvalue weighted by Crippen LogP contribution is -2.51. The molecule has 34 heavy (non-hydrogen) atoms. The fourth-order valence-corrected chi connectivity index (χ4v) is 5.00. The van der Waals surface area contributed by atoms with Crippen LogP contribution in [0.1, 0.15) is 62.0 Å². The van der Waals surface area contributed by atoms with Crippen LogP contribution in [0, 0.1) is 0 Å². The zero-order valence-electron chi connectivity index (χ0n) is 20.0. The second-order valence-corrected chi connectivity index (χ2v) is 10.4. The lowest BCUT2D eigenvalue weighted by Gasteiger charge is -2.38. The average molecular weight is 488 g/mol. The molecule has 1 aliphatic carbocycles. The third-order valence-corrected chi connectivity index (χ3v) is 6.90. The minimum absolute atomic E-state index is 0.0573. The molecule has 0 bridgehead atoms. The van der Waals surface area contributed by atoms with Crippen LogP contribution in [0.4, 0.5) is 5.82 Å². The first kappa shape index (κ1) is 24.9. The van der Waals surface area contributed by atoms with Crippen LogP contribution in [-0.4, -0.2) is 75.9 Å². The van der Waals surface area contributed by atoms with Crippen molar-refractivity contribution in [3.05, 3.63) is 52.4 Å². The molecule has 184 valence electrons. The Kier molecular flexibility index (Phi) is 7.42. The number of benzene rings is 1. The van der Waals surface area contributed by atoms with Gasteiger partial charge < -0.3 is 25.3 Å². The van der Waals surface area contributed by atoms with Crippen molar-refractivity contribution in [1.82, 2.24) is 20.2 Å². The minimum Gasteiger partial charge on any atom is -0.389 e. The van der Waals surface area contributed by atoms with E-state index in [1.165, 1.54) is 6.33 Å². The molecule has 1 aromatic heterocycles. The first-order valence-corrected chi connectivity index (χ1v) is 12.3. The van der Waals surface area contributed by atoms with E-state index in [0.717, 1.165) is 22.6 Å². The number of anilines is 1. The zero-order valence-corrected chi connectivity index (χ0v) is 20.8. The number of aliphatic hydroxyl groups excluding tert-OH is 1. The van der Waals surface area contributed by atoms with Gasteiger partial charge in [0.15, 0.2) is 0 Å². The van der Waals surface area contributed by atoms with Crippen LogP contribution in [0.3, 0.4) is 0 Å². The number of piperazine rings is 1. The van der Waals surface area contributed by atoms with E-state index in [1.807, 2.05) is 17.0 Å². The molecule has 1 amide bonds. The molecule has 2 aromatic rings. The molecule has 1 aliphatic heterocycles. The van der Waals surface area contributed by atoms with Gasteiger partial charge in [0.25, 0.3) is 0 Å². The maximum Gasteiger partial charge on any atom is 0.231 e. The number of amides is 1. The van der Waals surface area contributed by atoms with Crippen LogP contribution in [0.5, 0.6) is 0 Å². The van der Waals surface area contributed by atoms with E-state index < -0.39 is 11.7 Å². The van der Waals surface area contributed by atoms with Gasteiger partial charge in [-0.15, -0.1) is 0 Å². The largest absolute Gasteiger partial charge is 0.389 e. The van der Waals surface area contributed by atoms with E-state index in [-0.39, 0.29) is 17.7 Å². The van der Waals surface area contributed by atoms with Crippen molar-refractivity contribution in [3.63, 3.8) is 0 Å². The van der Waals surface area contributed by atoms with Crippen molar-refractivity contribution in [1.29, 1.82) is 0 Å². The van der Waals surface area contributed by atoms with Gasteiger partial charge in [-0.3, -0.25) is 4.79 Å². The Morgan fingerprint density at radius 1 is 1.21 bits per heavy atom. The maximum absolute atomic E-state index is 13.6. The Labute approximate surface area is 206 Å². The Balaban J connectivity index is 1.46. The number of hydrogen-bond donors (Lipinski definition) is 3. The smallest absolute Gasteiger partial charge is 0.231 e. The van der Waals surface area contributed by atoms with Crippen molar-refractivity contribution < 1.29 is 15.0 Å². The van der Waals surface area contributed by atoms with Gasteiger partial charge in [0.2, 0.25) is 5.91 Å². The summed E-state index contributed by atoms with van der Waals surface area (Å²) < 4.78 is 0. The van der Waals surface area contributed by atoms with Gasteiger partial charge in [-0.2, -0.15) is 0 Å². The summed E-state index contributed by atoms with van der Waals surface area (Å²) >= 11 is 6.07. The molecule has 1 unspecified atom stereocenters. The summed E-state index contributed by atoms with van der Waals surface area (Å²) in [5, 5.41) is 24.2. The van der Waals surface area contributed by atoms with Gasteiger partial charge >= 0.3 is 0 Å². The zero-order chi connectivity index (χ0) is 24.5. The highest BCUT2D eigenvalue weighted by Crippen LogP contribution is 2.42. The lowest BCUT2D eigenvalue weighted by molar-refractivity contribution is -0.133. The Morgan fingerprint density at radius 2 is 1.88 bits per heavy atom. The molecule has 2 heterocycles. The van der Waals surface area contributed by atoms with Gasteiger partial charge in [0.1, 0.15) is 12.1 Å². The van der Waals surface area contributed by atoms with Crippen LogP contribution in [0.2, 0.25) is 5.02 Å². The summed E-state index contributed by atoms with van der Waals surface area (Å²) in [6, 6.07) is 7.39. The molecule has 3 N–H and O–H groups in total. The quantitative estimate of drug-likeness (QED) is 0.551. The Bertz CT molecular complexity index is 1000. The van der Waals surface area contributed by atoms with Gasteiger partial charge in [-0.25, -0.2) is 9.97 Å². The standard InChI is InChI=1S/C25H34ClN5O3/c1-16-12-20(32)22-21(16)23(29-15-28-22)30-8-10-31(11-9-30)24(33)19(13-27-14-25(2,3)34)17-4-6-18(26)7-5-17/h4-7,15-16,19-20,27,32,34H,8-14H2,1-3H3/t16-,19?,20-/m1/s1. The fourth-order valence-electron chi connectivity index (χ4n) is 4.88. The summed E-state index contributed by atoms with van der Waals surface area (Å²) in [4.78, 5) is 26.5. The van der Waals surface area contributed by atoms with E-state index in [2.05, 4.69) is 27.1 Å². The van der Waals surface area contributed by atoms with E-state index in [1.54, 1.807) is 26.0 Å². The normalized spacial score (nSPS) is 21.5. The fraction of sp³-hybridized carbons (Fsp3) is 0.560. The predicted molar refractivity (Wildman–Crippen MR) is 132 cm³/mol. The second-order valence-electron chi connectivity index (χ2n) is 10.0. The van der Waals surface area contributed by atoms with Crippen LogP contribution in [0.25, 0.3) is 0 Å². The van der Waals surface area contributed by atoms with Crippen LogP contribution < -0.4 is 10.2 Å². The molecule has 3 atom stereocenters. The van der Waals surface area contributed by atoms with Crippen molar-refractivity contribution in [2.75, 3.05) is 44.2 Å². The minimum atomic E-state index is -0.859. The Hall–Kier alpha value is -2.26. The molecule has 0 radical (unpaired) electrons. The summed E-state index contributed by atoms with van der Waals surface area (Å²) in [5.74, 6) is 0.769. The molecule has 2 aliphatic rings. The molecule has 0 saturated carbocycles. The Morgan fingerprint density at radius 3 is 2.53 bits per heavy atom. The van der Waals surface area contributed by atoms with Crippen molar-refractivity contribution in [2.24, 2.45) is 0 Å². The maximum atomic E-state index is 13.6. The third-order valence-electron chi connectivity index (χ3n) is 6.65. The highest BCUT2D eigenvalue weighted by Gasteiger charge is 2.35. The molecular weight excluding hydrogens is 454 g/mol. The molecule has 1 aromatic carbocycles. The molecule has 4 rings (SSSR count). The van der Waals surface area contributed by atoms with Crippen LogP contribution in [-0.2, 0) is 4.79 Å². The number of fused-ring (bicyclic) bond motifs is 1. The number of nitrogens with zero attached hydrogens (tertiary/aromatic N) is 4. The number of aliphatic hydroxyl groups is 2. The number of nitrogens with one attached hydrogen (secondary N) is 1. The molecule has 1 fully saturated rings. The predicted octanol–water partition coefficient (Wildman–Crippen LogP) is 2.46. The molecule has 8 nitrogen and oxygen atoms in total. The lowest BCUT2D eigenvalue weighted by atomic mass is 9.96. The number of hydrogen-bond acceptors (Lipinski definition) is 7. The van der Waals surface area contributed by atoms with E-state index in [4.69, 9.17) is 11.6 Å². The van der Waals surface area contributed by atoms with Gasteiger partial charge in [-0.05, 0) is 43.9 Å². The number of carbonyl (C=O) groups excluding carboxylic acids is 1. The van der Waals surface area contributed by atoms with Crippen molar-refractivity contribution in [2.45, 2.75) is 50.7 Å². The third kappa shape index (κ3) is 5.51. The van der Waals surface area contributed by atoms with E-state index in [0.29, 0.717) is 50.7 Å². The summed E-state index contributed by atoms with van der Waals surface area (Å²) in [5.41, 5.74) is 1.81. The summed E-state index contributed by atoms with van der Waals surface area (Å²) in [6.07, 6.45) is 1.66. The van der Waals surface area contributed by atoms with E-state index in [9.17, 15) is 15.0 Å². The first-order valence-electron chi connectivity index (χ1n) is 11.9. The van der Waals surface area contributed by atoms with E-state index >= 15 is 0 Å². The summed E-state index contributed by atoms with van der Waals surface area (Å²) in [7, 11) is 0. The number of rotatable bonds is 7. The molecule has 9 heteroatoms. The highest BCUT2D eigenvalue weighted by atomic mass is 35.5. The van der Waals surface area contributed by atoms with Gasteiger partial charge in [-0.1, -0.05) is 30.7 Å². The van der Waals surface area contributed by atoms with Gasteiger partial charge in [0.05, 0.1) is 23.3 Å². The SMILES string of the molecule is C[C@@H]1C[C@@H](O)c2ncnc(N3CCN(C(=O)C(CNCC(C)(C)O)c4ccc(Cl)cc4)CC3)c21. The topological polar surface area (TPSA) is 102 Å². The van der Waals surface area contributed by atoms with Crippen LogP contribution in [0.15, 0.2) is 30.6 Å². The second kappa shape index (κ2) is 10.2. The molecule has 0 spiro atoms.